The zero-order valence-electron chi connectivity index (χ0n) is 14.7. The topological polar surface area (TPSA) is 55.4 Å². The zero-order chi connectivity index (χ0) is 18.1. The third-order valence-electron chi connectivity index (χ3n) is 4.95. The van der Waals surface area contributed by atoms with Crippen LogP contribution < -0.4 is 9.46 Å². The number of hydrogen-bond acceptors (Lipinski definition) is 3. The van der Waals surface area contributed by atoms with E-state index in [0.717, 1.165) is 42.0 Å². The summed E-state index contributed by atoms with van der Waals surface area (Å²) in [6.07, 6.45) is 4.12. The first-order valence-corrected chi connectivity index (χ1v) is 10.3. The summed E-state index contributed by atoms with van der Waals surface area (Å²) in [4.78, 5) is 0.202. The molecule has 0 fully saturated rings. The van der Waals surface area contributed by atoms with E-state index in [4.69, 9.17) is 4.74 Å². The quantitative estimate of drug-likeness (QED) is 0.737. The van der Waals surface area contributed by atoms with Crippen molar-refractivity contribution in [1.29, 1.82) is 0 Å². The molecule has 1 N–H and O–H groups in total. The lowest BCUT2D eigenvalue weighted by atomic mass is 9.92. The molecule has 0 unspecified atom stereocenters. The molecular weight excluding hydrogens is 346 g/mol. The first kappa shape index (κ1) is 16.9. The van der Waals surface area contributed by atoms with Crippen LogP contribution in [0.15, 0.2) is 59.5 Å². The highest BCUT2D eigenvalue weighted by atomic mass is 32.2. The molecule has 26 heavy (non-hydrogen) atoms. The minimum absolute atomic E-state index is 0.202. The molecular formula is C21H21NO3S. The summed E-state index contributed by atoms with van der Waals surface area (Å²) in [7, 11) is -2.24. The molecule has 4 nitrogen and oxygen atoms in total. The van der Waals surface area contributed by atoms with Crippen molar-refractivity contribution in [2.24, 2.45) is 0 Å². The number of methoxy groups -OCH3 is 1. The molecule has 0 bridgehead atoms. The van der Waals surface area contributed by atoms with Crippen LogP contribution in [0.1, 0.15) is 24.0 Å². The Kier molecular flexibility index (Phi) is 4.32. The monoisotopic (exact) mass is 367 g/mol. The molecule has 5 heteroatoms. The molecule has 0 saturated carbocycles. The number of hydrogen-bond donors (Lipinski definition) is 1. The normalized spacial score (nSPS) is 14.0. The minimum atomic E-state index is -3.76. The van der Waals surface area contributed by atoms with E-state index in [-0.39, 0.29) is 4.90 Å². The Labute approximate surface area is 153 Å². The summed E-state index contributed by atoms with van der Waals surface area (Å²) in [5, 5.41) is 1.86. The van der Waals surface area contributed by atoms with Crippen molar-refractivity contribution in [3.05, 3.63) is 65.7 Å². The number of rotatable bonds is 4. The second-order valence-corrected chi connectivity index (χ2v) is 8.26. The molecule has 0 radical (unpaired) electrons. The van der Waals surface area contributed by atoms with Gasteiger partial charge in [0, 0.05) is 5.39 Å². The van der Waals surface area contributed by atoms with E-state index >= 15 is 0 Å². The summed E-state index contributed by atoms with van der Waals surface area (Å²) < 4.78 is 34.4. The first-order chi connectivity index (χ1) is 12.6. The molecule has 0 heterocycles. The lowest BCUT2D eigenvalue weighted by molar-refractivity contribution is 0.401. The van der Waals surface area contributed by atoms with Crippen LogP contribution in [0.3, 0.4) is 0 Å². The van der Waals surface area contributed by atoms with Crippen LogP contribution in [0.5, 0.6) is 5.75 Å². The zero-order valence-corrected chi connectivity index (χ0v) is 15.5. The number of nitrogens with one attached hydrogen (secondary N) is 1. The number of sulfonamides is 1. The molecule has 4 rings (SSSR count). The van der Waals surface area contributed by atoms with Gasteiger partial charge in [0.15, 0.2) is 0 Å². The average Bonchev–Trinajstić information content (AvgIpc) is 2.67. The van der Waals surface area contributed by atoms with Gasteiger partial charge in [0.1, 0.15) is 10.6 Å². The molecule has 0 aliphatic heterocycles. The number of anilines is 1. The van der Waals surface area contributed by atoms with E-state index in [0.29, 0.717) is 11.4 Å². The molecule has 0 atom stereocenters. The lowest BCUT2D eigenvalue weighted by Crippen LogP contribution is -2.16. The van der Waals surface area contributed by atoms with E-state index in [1.165, 1.54) is 12.7 Å². The highest BCUT2D eigenvalue weighted by Gasteiger charge is 2.24. The van der Waals surface area contributed by atoms with Crippen molar-refractivity contribution >= 4 is 26.5 Å². The molecule has 0 saturated heterocycles. The van der Waals surface area contributed by atoms with Gasteiger partial charge in [-0.3, -0.25) is 4.72 Å². The minimum Gasteiger partial charge on any atom is -0.495 e. The molecule has 3 aromatic rings. The fourth-order valence-electron chi connectivity index (χ4n) is 3.62. The van der Waals surface area contributed by atoms with Gasteiger partial charge in [-0.05, 0) is 60.4 Å². The van der Waals surface area contributed by atoms with Gasteiger partial charge in [-0.2, -0.15) is 0 Å². The Morgan fingerprint density at radius 2 is 1.62 bits per heavy atom. The Bertz CT molecular complexity index is 1070. The Balaban J connectivity index is 1.79. The maximum absolute atomic E-state index is 13.1. The van der Waals surface area contributed by atoms with Crippen LogP contribution >= 0.6 is 0 Å². The number of benzene rings is 3. The number of fused-ring (bicyclic) bond motifs is 2. The van der Waals surface area contributed by atoms with E-state index in [1.54, 1.807) is 12.1 Å². The van der Waals surface area contributed by atoms with E-state index in [2.05, 4.69) is 4.72 Å². The van der Waals surface area contributed by atoms with Crippen LogP contribution in [0.2, 0.25) is 0 Å². The summed E-state index contributed by atoms with van der Waals surface area (Å²) in [5.41, 5.74) is 2.87. The number of aryl methyl sites for hydroxylation is 2. The second-order valence-electron chi connectivity index (χ2n) is 6.61. The van der Waals surface area contributed by atoms with Crippen LogP contribution in [0, 0.1) is 0 Å². The first-order valence-electron chi connectivity index (χ1n) is 8.79. The Hall–Kier alpha value is -2.53. The standard InChI is InChI=1S/C21H21NO3S/c1-25-20-13-16-8-2-3-9-17(16)14-21(20)26(23,24)22-19-12-6-10-15-7-4-5-11-18(15)19/h4-7,10-14,22H,2-3,8-9H2,1H3. The highest BCUT2D eigenvalue weighted by molar-refractivity contribution is 7.92. The van der Waals surface area contributed by atoms with Gasteiger partial charge in [0.2, 0.25) is 0 Å². The van der Waals surface area contributed by atoms with Crippen LogP contribution in [0.4, 0.5) is 5.69 Å². The van der Waals surface area contributed by atoms with Crippen LogP contribution in [-0.2, 0) is 22.9 Å². The SMILES string of the molecule is COc1cc2c(cc1S(=O)(=O)Nc1cccc3ccccc13)CCCC2. The second kappa shape index (κ2) is 6.65. The summed E-state index contributed by atoms with van der Waals surface area (Å²) in [5.74, 6) is 0.401. The van der Waals surface area contributed by atoms with Crippen molar-refractivity contribution < 1.29 is 13.2 Å². The smallest absolute Gasteiger partial charge is 0.265 e. The van der Waals surface area contributed by atoms with Crippen molar-refractivity contribution in [3.63, 3.8) is 0 Å². The van der Waals surface area contributed by atoms with E-state index in [1.807, 2.05) is 42.5 Å². The van der Waals surface area contributed by atoms with Gasteiger partial charge in [0.25, 0.3) is 10.0 Å². The van der Waals surface area contributed by atoms with Gasteiger partial charge in [-0.1, -0.05) is 36.4 Å². The largest absolute Gasteiger partial charge is 0.495 e. The molecule has 1 aliphatic rings. The lowest BCUT2D eigenvalue weighted by Gasteiger charge is -2.20. The van der Waals surface area contributed by atoms with Crippen molar-refractivity contribution in [1.82, 2.24) is 0 Å². The summed E-state index contributed by atoms with van der Waals surface area (Å²) in [6, 6.07) is 17.0. The highest BCUT2D eigenvalue weighted by Crippen LogP contribution is 2.34. The fourth-order valence-corrected chi connectivity index (χ4v) is 4.91. The van der Waals surface area contributed by atoms with E-state index in [9.17, 15) is 8.42 Å². The molecule has 0 aromatic heterocycles. The van der Waals surface area contributed by atoms with Gasteiger partial charge >= 0.3 is 0 Å². The maximum Gasteiger partial charge on any atom is 0.265 e. The average molecular weight is 367 g/mol. The predicted molar refractivity (Wildman–Crippen MR) is 104 cm³/mol. The summed E-state index contributed by atoms with van der Waals surface area (Å²) in [6.45, 7) is 0. The molecule has 1 aliphatic carbocycles. The van der Waals surface area contributed by atoms with Crippen molar-refractivity contribution in [3.8, 4) is 5.75 Å². The molecule has 3 aromatic carbocycles. The molecule has 0 spiro atoms. The van der Waals surface area contributed by atoms with Gasteiger partial charge in [-0.15, -0.1) is 0 Å². The predicted octanol–water partition coefficient (Wildman–Crippen LogP) is 4.53. The third kappa shape index (κ3) is 3.03. The van der Waals surface area contributed by atoms with Crippen LogP contribution in [0.25, 0.3) is 10.8 Å². The van der Waals surface area contributed by atoms with Gasteiger partial charge in [0.05, 0.1) is 12.8 Å². The van der Waals surface area contributed by atoms with Crippen molar-refractivity contribution in [2.75, 3.05) is 11.8 Å². The van der Waals surface area contributed by atoms with Gasteiger partial charge in [-0.25, -0.2) is 8.42 Å². The third-order valence-corrected chi connectivity index (χ3v) is 6.34. The number of ether oxygens (including phenoxy) is 1. The molecule has 134 valence electrons. The summed E-state index contributed by atoms with van der Waals surface area (Å²) >= 11 is 0. The molecule has 0 amide bonds. The van der Waals surface area contributed by atoms with Crippen molar-refractivity contribution in [2.45, 2.75) is 30.6 Å². The maximum atomic E-state index is 13.1. The van der Waals surface area contributed by atoms with E-state index < -0.39 is 10.0 Å². The Morgan fingerprint density at radius 1 is 0.923 bits per heavy atom. The fraction of sp³-hybridized carbons (Fsp3) is 0.238. The Morgan fingerprint density at radius 3 is 2.38 bits per heavy atom. The van der Waals surface area contributed by atoms with Crippen LogP contribution in [-0.4, -0.2) is 15.5 Å². The van der Waals surface area contributed by atoms with Gasteiger partial charge < -0.3 is 4.74 Å².